The van der Waals surface area contributed by atoms with Gasteiger partial charge in [-0.25, -0.2) is 4.52 Å². The monoisotopic (exact) mass is 144 g/mol. The van der Waals surface area contributed by atoms with Gasteiger partial charge in [-0.2, -0.15) is 0 Å². The van der Waals surface area contributed by atoms with E-state index in [0.29, 0.717) is 0 Å². The largest absolute Gasteiger partial charge is 0.201 e. The van der Waals surface area contributed by atoms with Crippen LogP contribution >= 0.6 is 0 Å². The topological polar surface area (TPSA) is 43.1 Å². The fourth-order valence-corrected chi connectivity index (χ4v) is 0.689. The first-order valence-electron chi connectivity index (χ1n) is 2.59. The van der Waals surface area contributed by atoms with E-state index in [-0.39, 0.29) is 29.6 Å². The van der Waals surface area contributed by atoms with E-state index in [9.17, 15) is 0 Å². The van der Waals surface area contributed by atoms with Crippen molar-refractivity contribution in [3.8, 4) is 0 Å². The molecule has 0 atom stereocenters. The Morgan fingerprint density at radius 2 is 2.20 bits per heavy atom. The molecular weight excluding hydrogens is 139 g/mol. The van der Waals surface area contributed by atoms with Gasteiger partial charge < -0.3 is 0 Å². The Balaban J connectivity index is 0.000000500. The van der Waals surface area contributed by atoms with Crippen LogP contribution < -0.4 is 0 Å². The Kier molecular flexibility index (Phi) is 2.37. The first-order chi connectivity index (χ1) is 4.47. The zero-order valence-electron chi connectivity index (χ0n) is 4.60. The number of fused-ring (bicyclic) bond motifs is 1. The van der Waals surface area contributed by atoms with Gasteiger partial charge in [-0.15, -0.1) is 5.10 Å². The Hall–Kier alpha value is -0.450. The number of nitrogens with zero attached hydrogens (tertiary/aromatic N) is 4. The fourth-order valence-electron chi connectivity index (χ4n) is 0.689. The quantitative estimate of drug-likeness (QED) is 0.467. The standard InChI is InChI=1S/C5H4N4.Na.H/c1-2-4-9-5(3-1)6-7-8-9;;/h1-4H;;. The van der Waals surface area contributed by atoms with Crippen LogP contribution in [0.3, 0.4) is 0 Å². The summed E-state index contributed by atoms with van der Waals surface area (Å²) in [6, 6.07) is 5.62. The molecule has 4 nitrogen and oxygen atoms in total. The van der Waals surface area contributed by atoms with Crippen molar-refractivity contribution < 1.29 is 0 Å². The molecule has 0 aliphatic heterocycles. The van der Waals surface area contributed by atoms with Crippen LogP contribution in [0.2, 0.25) is 0 Å². The van der Waals surface area contributed by atoms with Crippen LogP contribution in [0.15, 0.2) is 24.4 Å². The van der Waals surface area contributed by atoms with Crippen molar-refractivity contribution in [2.75, 3.05) is 0 Å². The third kappa shape index (κ3) is 1.18. The van der Waals surface area contributed by atoms with Crippen LogP contribution in [0.5, 0.6) is 0 Å². The van der Waals surface area contributed by atoms with E-state index in [1.54, 1.807) is 10.7 Å². The molecule has 0 radical (unpaired) electrons. The van der Waals surface area contributed by atoms with E-state index in [1.165, 1.54) is 0 Å². The molecule has 0 spiro atoms. The molecule has 0 aromatic carbocycles. The first-order valence-corrected chi connectivity index (χ1v) is 2.59. The zero-order chi connectivity index (χ0) is 6.10. The van der Waals surface area contributed by atoms with Crippen molar-refractivity contribution in [3.05, 3.63) is 24.4 Å². The average molecular weight is 144 g/mol. The SMILES string of the molecule is [NaH].c1ccn2nnnc2c1. The summed E-state index contributed by atoms with van der Waals surface area (Å²) < 4.78 is 1.61. The molecule has 2 aromatic rings. The normalized spacial score (nSPS) is 9.20. The molecule has 0 aliphatic rings. The predicted molar refractivity (Wildman–Crippen MR) is 37.9 cm³/mol. The average Bonchev–Trinajstić information content (AvgIpc) is 2.33. The molecule has 46 valence electrons. The Morgan fingerprint density at radius 1 is 1.30 bits per heavy atom. The van der Waals surface area contributed by atoms with Gasteiger partial charge in [-0.1, -0.05) is 6.07 Å². The molecule has 0 saturated carbocycles. The van der Waals surface area contributed by atoms with Crippen molar-refractivity contribution in [2.24, 2.45) is 0 Å². The minimum Gasteiger partial charge on any atom is -0.201 e. The van der Waals surface area contributed by atoms with Crippen LogP contribution in [0, 0.1) is 0 Å². The maximum absolute atomic E-state index is 3.72. The van der Waals surface area contributed by atoms with Crippen LogP contribution in [0.25, 0.3) is 5.65 Å². The first kappa shape index (κ1) is 7.65. The van der Waals surface area contributed by atoms with Crippen LogP contribution in [0.1, 0.15) is 0 Å². The number of aromatic nitrogens is 4. The molecule has 2 rings (SSSR count). The van der Waals surface area contributed by atoms with Gasteiger partial charge in [0.25, 0.3) is 0 Å². The van der Waals surface area contributed by atoms with Crippen molar-refractivity contribution in [1.29, 1.82) is 0 Å². The fraction of sp³-hybridized carbons (Fsp3) is 0. The van der Waals surface area contributed by atoms with Gasteiger partial charge in [0.05, 0.1) is 0 Å². The summed E-state index contributed by atoms with van der Waals surface area (Å²) in [6.45, 7) is 0. The van der Waals surface area contributed by atoms with E-state index in [2.05, 4.69) is 15.5 Å². The Morgan fingerprint density at radius 3 is 3.00 bits per heavy atom. The molecule has 0 N–H and O–H groups in total. The van der Waals surface area contributed by atoms with Crippen molar-refractivity contribution in [1.82, 2.24) is 20.0 Å². The second-order valence-electron chi connectivity index (χ2n) is 1.68. The molecule has 0 fully saturated rings. The van der Waals surface area contributed by atoms with Crippen molar-refractivity contribution >= 4 is 35.2 Å². The predicted octanol–water partition coefficient (Wildman–Crippen LogP) is -0.524. The summed E-state index contributed by atoms with van der Waals surface area (Å²) in [5.41, 5.74) is 0.775. The molecule has 0 aliphatic carbocycles. The van der Waals surface area contributed by atoms with E-state index in [4.69, 9.17) is 0 Å². The van der Waals surface area contributed by atoms with Gasteiger partial charge >= 0.3 is 29.6 Å². The molecule has 10 heavy (non-hydrogen) atoms. The van der Waals surface area contributed by atoms with E-state index in [0.717, 1.165) is 5.65 Å². The van der Waals surface area contributed by atoms with Gasteiger partial charge in [0.15, 0.2) is 5.65 Å². The molecule has 0 saturated heterocycles. The second-order valence-corrected chi connectivity index (χ2v) is 1.68. The third-order valence-corrected chi connectivity index (χ3v) is 1.10. The molecule has 5 heteroatoms. The van der Waals surface area contributed by atoms with E-state index in [1.807, 2.05) is 18.2 Å². The third-order valence-electron chi connectivity index (χ3n) is 1.10. The molecular formula is C5H5N4Na. The van der Waals surface area contributed by atoms with Crippen LogP contribution in [-0.2, 0) is 0 Å². The maximum Gasteiger partial charge on any atom is 0.179 e. The minimum atomic E-state index is 0. The smallest absolute Gasteiger partial charge is 0.179 e. The molecule has 2 aromatic heterocycles. The molecule has 0 amide bonds. The number of rotatable bonds is 0. The number of hydrogen-bond acceptors (Lipinski definition) is 3. The molecule has 0 unspecified atom stereocenters. The van der Waals surface area contributed by atoms with Crippen LogP contribution in [0.4, 0.5) is 0 Å². The zero-order valence-corrected chi connectivity index (χ0v) is 4.60. The summed E-state index contributed by atoms with van der Waals surface area (Å²) in [5.74, 6) is 0. The van der Waals surface area contributed by atoms with Gasteiger partial charge in [-0.3, -0.25) is 0 Å². The molecule has 0 bridgehead atoms. The number of tetrazole rings is 1. The van der Waals surface area contributed by atoms with Crippen LogP contribution in [-0.4, -0.2) is 49.6 Å². The van der Waals surface area contributed by atoms with Gasteiger partial charge in [0.2, 0.25) is 0 Å². The van der Waals surface area contributed by atoms with Gasteiger partial charge in [0.1, 0.15) is 0 Å². The number of pyridine rings is 1. The molecule has 2 heterocycles. The van der Waals surface area contributed by atoms with Crippen molar-refractivity contribution in [2.45, 2.75) is 0 Å². The van der Waals surface area contributed by atoms with E-state index < -0.39 is 0 Å². The van der Waals surface area contributed by atoms with E-state index >= 15 is 0 Å². The minimum absolute atomic E-state index is 0. The summed E-state index contributed by atoms with van der Waals surface area (Å²) >= 11 is 0. The summed E-state index contributed by atoms with van der Waals surface area (Å²) in [5, 5.41) is 10.9. The van der Waals surface area contributed by atoms with Crippen molar-refractivity contribution in [3.63, 3.8) is 0 Å². The van der Waals surface area contributed by atoms with Gasteiger partial charge in [-0.05, 0) is 22.6 Å². The number of hydrogen-bond donors (Lipinski definition) is 0. The summed E-state index contributed by atoms with van der Waals surface area (Å²) in [7, 11) is 0. The Bertz CT molecular complexity index is 288. The summed E-state index contributed by atoms with van der Waals surface area (Å²) in [6.07, 6.45) is 1.80. The Labute approximate surface area is 79.5 Å². The second kappa shape index (κ2) is 3.09. The van der Waals surface area contributed by atoms with Gasteiger partial charge in [0, 0.05) is 6.20 Å². The summed E-state index contributed by atoms with van der Waals surface area (Å²) in [4.78, 5) is 0. The maximum atomic E-state index is 3.72.